The molecule has 12 heavy (non-hydrogen) atoms. The summed E-state index contributed by atoms with van der Waals surface area (Å²) in [6.45, 7) is 8.92. The van der Waals surface area contributed by atoms with Crippen molar-refractivity contribution in [2.24, 2.45) is 17.8 Å². The molecule has 0 aliphatic carbocycles. The molecular weight excluding hydrogens is 146 g/mol. The summed E-state index contributed by atoms with van der Waals surface area (Å²) >= 11 is 0. The fourth-order valence-corrected chi connectivity index (χ4v) is 3.00. The van der Waals surface area contributed by atoms with Gasteiger partial charge in [-0.3, -0.25) is 0 Å². The Morgan fingerprint density at radius 2 is 2.17 bits per heavy atom. The molecule has 3 atom stereocenters. The second kappa shape index (κ2) is 3.37. The molecule has 0 spiro atoms. The van der Waals surface area contributed by atoms with E-state index < -0.39 is 0 Å². The average Bonchev–Trinajstić information content (AvgIpc) is 2.26. The molecule has 2 aliphatic heterocycles. The highest BCUT2D eigenvalue weighted by atomic mass is 15.2. The van der Waals surface area contributed by atoms with Crippen LogP contribution in [0.1, 0.15) is 33.1 Å². The Morgan fingerprint density at radius 1 is 1.33 bits per heavy atom. The molecule has 2 heterocycles. The third-order valence-electron chi connectivity index (χ3n) is 3.48. The molecule has 0 aromatic carbocycles. The van der Waals surface area contributed by atoms with Gasteiger partial charge in [-0.05, 0) is 43.6 Å². The standard InChI is InChI=1S/C11H21N/c1-9(2)6-11-8-12-5-3-4-10(11)7-12/h9-11H,3-8H2,1-2H3/t10-,11-/m0/s1. The molecule has 2 saturated heterocycles. The Labute approximate surface area is 76.1 Å². The van der Waals surface area contributed by atoms with Crippen LogP contribution in [0.15, 0.2) is 0 Å². The first-order valence-electron chi connectivity index (χ1n) is 5.48. The van der Waals surface area contributed by atoms with Crippen LogP contribution >= 0.6 is 0 Å². The van der Waals surface area contributed by atoms with Gasteiger partial charge in [-0.15, -0.1) is 0 Å². The van der Waals surface area contributed by atoms with Crippen LogP contribution < -0.4 is 0 Å². The molecule has 2 rings (SSSR count). The highest BCUT2D eigenvalue weighted by Crippen LogP contribution is 2.35. The summed E-state index contributed by atoms with van der Waals surface area (Å²) in [6, 6.07) is 0. The van der Waals surface area contributed by atoms with Gasteiger partial charge in [0.2, 0.25) is 0 Å². The molecule has 2 fully saturated rings. The molecule has 0 amide bonds. The van der Waals surface area contributed by atoms with E-state index in [1.807, 2.05) is 0 Å². The van der Waals surface area contributed by atoms with E-state index in [1.165, 1.54) is 38.9 Å². The molecule has 1 heteroatoms. The van der Waals surface area contributed by atoms with E-state index in [9.17, 15) is 0 Å². The SMILES string of the molecule is CC(C)C[C@H]1C[N@]2CCC[C@H]1C2. The van der Waals surface area contributed by atoms with Crippen molar-refractivity contribution in [3.8, 4) is 0 Å². The van der Waals surface area contributed by atoms with Crippen molar-refractivity contribution in [1.29, 1.82) is 0 Å². The van der Waals surface area contributed by atoms with Crippen LogP contribution in [0.2, 0.25) is 0 Å². The first-order chi connectivity index (χ1) is 5.75. The monoisotopic (exact) mass is 167 g/mol. The normalized spacial score (nSPS) is 40.8. The van der Waals surface area contributed by atoms with E-state index in [0.29, 0.717) is 0 Å². The second-order valence-corrected chi connectivity index (χ2v) is 5.05. The van der Waals surface area contributed by atoms with Gasteiger partial charge in [-0.2, -0.15) is 0 Å². The molecule has 0 aromatic rings. The van der Waals surface area contributed by atoms with Gasteiger partial charge in [0.15, 0.2) is 0 Å². The number of nitrogens with zero attached hydrogens (tertiary/aromatic N) is 1. The summed E-state index contributed by atoms with van der Waals surface area (Å²) in [7, 11) is 0. The van der Waals surface area contributed by atoms with E-state index in [4.69, 9.17) is 0 Å². The molecule has 1 nitrogen and oxygen atoms in total. The molecule has 0 saturated carbocycles. The van der Waals surface area contributed by atoms with Crippen LogP contribution in [0.3, 0.4) is 0 Å². The topological polar surface area (TPSA) is 3.24 Å². The van der Waals surface area contributed by atoms with E-state index in [1.54, 1.807) is 0 Å². The minimum atomic E-state index is 0.899. The summed E-state index contributed by atoms with van der Waals surface area (Å²) < 4.78 is 0. The molecular formula is C11H21N. The maximum atomic E-state index is 2.67. The largest absolute Gasteiger partial charge is 0.303 e. The minimum Gasteiger partial charge on any atom is -0.303 e. The van der Waals surface area contributed by atoms with Crippen LogP contribution in [0, 0.1) is 17.8 Å². The third kappa shape index (κ3) is 1.66. The van der Waals surface area contributed by atoms with E-state index in [0.717, 1.165) is 17.8 Å². The van der Waals surface area contributed by atoms with Crippen LogP contribution in [-0.2, 0) is 0 Å². The predicted molar refractivity (Wildman–Crippen MR) is 52.1 cm³/mol. The predicted octanol–water partition coefficient (Wildman–Crippen LogP) is 2.37. The lowest BCUT2D eigenvalue weighted by molar-refractivity contribution is 0.266. The maximum Gasteiger partial charge on any atom is 0.00130 e. The Bertz CT molecular complexity index is 151. The van der Waals surface area contributed by atoms with Crippen LogP contribution in [0.4, 0.5) is 0 Å². The van der Waals surface area contributed by atoms with Gasteiger partial charge in [0.25, 0.3) is 0 Å². The van der Waals surface area contributed by atoms with Gasteiger partial charge in [0.1, 0.15) is 0 Å². The van der Waals surface area contributed by atoms with Crippen LogP contribution in [-0.4, -0.2) is 24.5 Å². The lowest BCUT2D eigenvalue weighted by atomic mass is 9.85. The van der Waals surface area contributed by atoms with Crippen LogP contribution in [0.25, 0.3) is 0 Å². The van der Waals surface area contributed by atoms with Gasteiger partial charge in [-0.1, -0.05) is 13.8 Å². The number of hydrogen-bond acceptors (Lipinski definition) is 1. The van der Waals surface area contributed by atoms with Crippen molar-refractivity contribution in [3.63, 3.8) is 0 Å². The molecule has 0 aromatic heterocycles. The van der Waals surface area contributed by atoms with Gasteiger partial charge in [-0.25, -0.2) is 0 Å². The molecule has 0 N–H and O–H groups in total. The van der Waals surface area contributed by atoms with E-state index in [2.05, 4.69) is 18.7 Å². The summed E-state index contributed by atoms with van der Waals surface area (Å²) in [4.78, 5) is 2.67. The number of fused-ring (bicyclic) bond motifs is 2. The Morgan fingerprint density at radius 3 is 2.83 bits per heavy atom. The molecule has 0 unspecified atom stereocenters. The number of piperidine rings is 1. The molecule has 2 bridgehead atoms. The minimum absolute atomic E-state index is 0.899. The zero-order valence-electron chi connectivity index (χ0n) is 8.42. The zero-order chi connectivity index (χ0) is 8.55. The zero-order valence-corrected chi connectivity index (χ0v) is 8.42. The average molecular weight is 167 g/mol. The fourth-order valence-electron chi connectivity index (χ4n) is 3.00. The van der Waals surface area contributed by atoms with Crippen molar-refractivity contribution in [1.82, 2.24) is 4.90 Å². The summed E-state index contributed by atoms with van der Waals surface area (Å²) in [6.07, 6.45) is 4.42. The fraction of sp³-hybridized carbons (Fsp3) is 1.00. The molecule has 0 radical (unpaired) electrons. The first-order valence-corrected chi connectivity index (χ1v) is 5.48. The highest BCUT2D eigenvalue weighted by molar-refractivity contribution is 4.87. The van der Waals surface area contributed by atoms with Crippen molar-refractivity contribution in [2.45, 2.75) is 33.1 Å². The second-order valence-electron chi connectivity index (χ2n) is 5.05. The maximum absolute atomic E-state index is 2.67. The van der Waals surface area contributed by atoms with Crippen LogP contribution in [0.5, 0.6) is 0 Å². The number of hydrogen-bond donors (Lipinski definition) is 0. The smallest absolute Gasteiger partial charge is 0.00130 e. The van der Waals surface area contributed by atoms with Gasteiger partial charge in [0.05, 0.1) is 0 Å². The van der Waals surface area contributed by atoms with Gasteiger partial charge in [0, 0.05) is 13.1 Å². The van der Waals surface area contributed by atoms with Crippen molar-refractivity contribution >= 4 is 0 Å². The van der Waals surface area contributed by atoms with Gasteiger partial charge < -0.3 is 4.90 Å². The highest BCUT2D eigenvalue weighted by Gasteiger charge is 2.35. The Balaban J connectivity index is 1.91. The summed E-state index contributed by atoms with van der Waals surface area (Å²) in [5.74, 6) is 2.99. The summed E-state index contributed by atoms with van der Waals surface area (Å²) in [5, 5.41) is 0. The van der Waals surface area contributed by atoms with Crippen molar-refractivity contribution in [2.75, 3.05) is 19.6 Å². The first kappa shape index (κ1) is 8.55. The third-order valence-corrected chi connectivity index (χ3v) is 3.48. The van der Waals surface area contributed by atoms with E-state index in [-0.39, 0.29) is 0 Å². The molecule has 2 aliphatic rings. The summed E-state index contributed by atoms with van der Waals surface area (Å²) in [5.41, 5.74) is 0. The Kier molecular flexibility index (Phi) is 2.40. The van der Waals surface area contributed by atoms with Crippen molar-refractivity contribution in [3.05, 3.63) is 0 Å². The van der Waals surface area contributed by atoms with E-state index >= 15 is 0 Å². The lowest BCUT2D eigenvalue weighted by Gasteiger charge is -2.22. The number of rotatable bonds is 2. The Hall–Kier alpha value is -0.0400. The lowest BCUT2D eigenvalue weighted by Crippen LogP contribution is -2.25. The van der Waals surface area contributed by atoms with Gasteiger partial charge >= 0.3 is 0 Å². The molecule has 70 valence electrons. The van der Waals surface area contributed by atoms with Crippen molar-refractivity contribution < 1.29 is 0 Å². The quantitative estimate of drug-likeness (QED) is 0.610.